The van der Waals surface area contributed by atoms with Gasteiger partial charge in [0, 0.05) is 13.1 Å². The van der Waals surface area contributed by atoms with Gasteiger partial charge in [-0.25, -0.2) is 0 Å². The molecule has 3 nitrogen and oxygen atoms in total. The average Bonchev–Trinajstić information content (AvgIpc) is 2.79. The van der Waals surface area contributed by atoms with E-state index in [9.17, 15) is 0 Å². The highest BCUT2D eigenvalue weighted by atomic mass is 32.1. The van der Waals surface area contributed by atoms with Gasteiger partial charge in [-0.1, -0.05) is 18.6 Å². The van der Waals surface area contributed by atoms with E-state index in [-0.39, 0.29) is 0 Å². The Morgan fingerprint density at radius 1 is 1.06 bits per heavy atom. The van der Waals surface area contributed by atoms with E-state index in [0.29, 0.717) is 11.0 Å². The molecular formula is C12H23N3S. The summed E-state index contributed by atoms with van der Waals surface area (Å²) >= 11 is 5.16. The number of rotatable bonds is 4. The van der Waals surface area contributed by atoms with Crippen molar-refractivity contribution >= 4 is 17.2 Å². The molecule has 2 saturated heterocycles. The summed E-state index contributed by atoms with van der Waals surface area (Å²) < 4.78 is 0. The number of nitrogens with two attached hydrogens (primary N) is 1. The number of hydrogen-bond donors (Lipinski definition) is 1. The van der Waals surface area contributed by atoms with Gasteiger partial charge in [0.25, 0.3) is 0 Å². The van der Waals surface area contributed by atoms with Gasteiger partial charge in [0.15, 0.2) is 0 Å². The standard InChI is InChI=1S/C12H23N3S/c13-12(16)11-5-1-2-8-15(11)10-9-14-6-3-4-7-14/h11H,1-10H2,(H2,13,16). The minimum absolute atomic E-state index is 0.367. The van der Waals surface area contributed by atoms with E-state index in [1.807, 2.05) is 0 Å². The van der Waals surface area contributed by atoms with Gasteiger partial charge >= 0.3 is 0 Å². The SMILES string of the molecule is NC(=S)C1CCCCN1CCN1CCCC1. The lowest BCUT2D eigenvalue weighted by molar-refractivity contribution is 0.168. The Hall–Kier alpha value is -0.190. The van der Waals surface area contributed by atoms with Crippen LogP contribution in [0.4, 0.5) is 0 Å². The van der Waals surface area contributed by atoms with Gasteiger partial charge in [-0.05, 0) is 45.3 Å². The molecule has 1 atom stereocenters. The summed E-state index contributed by atoms with van der Waals surface area (Å²) in [6, 6.07) is 0.367. The van der Waals surface area contributed by atoms with E-state index < -0.39 is 0 Å². The number of hydrogen-bond acceptors (Lipinski definition) is 3. The molecule has 0 radical (unpaired) electrons. The maximum atomic E-state index is 5.82. The lowest BCUT2D eigenvalue weighted by atomic mass is 10.0. The molecular weight excluding hydrogens is 218 g/mol. The van der Waals surface area contributed by atoms with Crippen molar-refractivity contribution in [2.24, 2.45) is 5.73 Å². The second-order valence-corrected chi connectivity index (χ2v) is 5.47. The third kappa shape index (κ3) is 3.15. The number of likely N-dealkylation sites (tertiary alicyclic amines) is 2. The molecule has 92 valence electrons. The van der Waals surface area contributed by atoms with E-state index in [1.165, 1.54) is 51.9 Å². The Labute approximate surface area is 104 Å². The van der Waals surface area contributed by atoms with Crippen LogP contribution in [0.5, 0.6) is 0 Å². The average molecular weight is 241 g/mol. The molecule has 2 heterocycles. The van der Waals surface area contributed by atoms with Crippen molar-refractivity contribution < 1.29 is 0 Å². The molecule has 2 aliphatic heterocycles. The van der Waals surface area contributed by atoms with Crippen LogP contribution in [-0.4, -0.2) is 53.6 Å². The zero-order valence-electron chi connectivity index (χ0n) is 10.0. The highest BCUT2D eigenvalue weighted by Crippen LogP contribution is 2.17. The van der Waals surface area contributed by atoms with Crippen molar-refractivity contribution in [3.8, 4) is 0 Å². The summed E-state index contributed by atoms with van der Waals surface area (Å²) in [4.78, 5) is 5.75. The Balaban J connectivity index is 1.78. The quantitative estimate of drug-likeness (QED) is 0.750. The maximum Gasteiger partial charge on any atom is 0.0902 e. The fourth-order valence-corrected chi connectivity index (χ4v) is 3.12. The van der Waals surface area contributed by atoms with E-state index in [2.05, 4.69) is 9.80 Å². The van der Waals surface area contributed by atoms with Crippen LogP contribution in [0.2, 0.25) is 0 Å². The first-order valence-electron chi connectivity index (χ1n) is 6.53. The van der Waals surface area contributed by atoms with Crippen molar-refractivity contribution in [1.82, 2.24) is 9.80 Å². The zero-order valence-corrected chi connectivity index (χ0v) is 10.8. The van der Waals surface area contributed by atoms with Gasteiger partial charge < -0.3 is 10.6 Å². The first-order chi connectivity index (χ1) is 7.77. The second kappa shape index (κ2) is 5.94. The second-order valence-electron chi connectivity index (χ2n) is 5.00. The molecule has 16 heavy (non-hydrogen) atoms. The van der Waals surface area contributed by atoms with Gasteiger partial charge in [-0.15, -0.1) is 0 Å². The van der Waals surface area contributed by atoms with Gasteiger partial charge in [0.2, 0.25) is 0 Å². The van der Waals surface area contributed by atoms with Crippen LogP contribution in [0.15, 0.2) is 0 Å². The predicted molar refractivity (Wildman–Crippen MR) is 71.7 cm³/mol. The van der Waals surface area contributed by atoms with Crippen LogP contribution < -0.4 is 5.73 Å². The molecule has 0 aromatic rings. The van der Waals surface area contributed by atoms with Gasteiger partial charge in [0.05, 0.1) is 11.0 Å². The Kier molecular flexibility index (Phi) is 4.55. The van der Waals surface area contributed by atoms with Crippen LogP contribution in [0.25, 0.3) is 0 Å². The highest BCUT2D eigenvalue weighted by molar-refractivity contribution is 7.80. The molecule has 0 saturated carbocycles. The van der Waals surface area contributed by atoms with E-state index >= 15 is 0 Å². The molecule has 2 fully saturated rings. The molecule has 1 unspecified atom stereocenters. The summed E-state index contributed by atoms with van der Waals surface area (Å²) in [5.74, 6) is 0. The molecule has 4 heteroatoms. The van der Waals surface area contributed by atoms with Crippen molar-refractivity contribution in [3.05, 3.63) is 0 Å². The summed E-state index contributed by atoms with van der Waals surface area (Å²) in [6.45, 7) is 6.08. The molecule has 0 aliphatic carbocycles. The van der Waals surface area contributed by atoms with Crippen LogP contribution in [0, 0.1) is 0 Å². The highest BCUT2D eigenvalue weighted by Gasteiger charge is 2.24. The van der Waals surface area contributed by atoms with Crippen LogP contribution in [0.1, 0.15) is 32.1 Å². The molecule has 0 bridgehead atoms. The van der Waals surface area contributed by atoms with Crippen molar-refractivity contribution in [1.29, 1.82) is 0 Å². The summed E-state index contributed by atoms with van der Waals surface area (Å²) in [5.41, 5.74) is 5.82. The minimum atomic E-state index is 0.367. The molecule has 0 spiro atoms. The molecule has 0 aromatic carbocycles. The number of piperidine rings is 1. The van der Waals surface area contributed by atoms with E-state index in [4.69, 9.17) is 18.0 Å². The zero-order chi connectivity index (χ0) is 11.4. The largest absolute Gasteiger partial charge is 0.392 e. The van der Waals surface area contributed by atoms with Crippen LogP contribution in [0.3, 0.4) is 0 Å². The van der Waals surface area contributed by atoms with Crippen molar-refractivity contribution in [2.75, 3.05) is 32.7 Å². The molecule has 2 rings (SSSR count). The smallest absolute Gasteiger partial charge is 0.0902 e. The Morgan fingerprint density at radius 2 is 1.75 bits per heavy atom. The van der Waals surface area contributed by atoms with Gasteiger partial charge in [-0.3, -0.25) is 4.90 Å². The van der Waals surface area contributed by atoms with Crippen molar-refractivity contribution in [2.45, 2.75) is 38.1 Å². The Bertz CT molecular complexity index is 238. The first-order valence-corrected chi connectivity index (χ1v) is 6.94. The molecule has 2 aliphatic rings. The molecule has 0 aromatic heterocycles. The third-order valence-corrected chi connectivity index (χ3v) is 4.12. The lowest BCUT2D eigenvalue weighted by Gasteiger charge is -2.35. The van der Waals surface area contributed by atoms with Gasteiger partial charge in [0.1, 0.15) is 0 Å². The van der Waals surface area contributed by atoms with E-state index in [0.717, 1.165) is 13.0 Å². The topological polar surface area (TPSA) is 32.5 Å². The first kappa shape index (κ1) is 12.3. The third-order valence-electron chi connectivity index (χ3n) is 3.84. The summed E-state index contributed by atoms with van der Waals surface area (Å²) in [5, 5.41) is 0. The molecule has 0 amide bonds. The number of thiocarbonyl (C=S) groups is 1. The Morgan fingerprint density at radius 3 is 2.44 bits per heavy atom. The molecule has 2 N–H and O–H groups in total. The normalized spacial score (nSPS) is 28.4. The predicted octanol–water partition coefficient (Wildman–Crippen LogP) is 1.22. The maximum absolute atomic E-state index is 5.82. The summed E-state index contributed by atoms with van der Waals surface area (Å²) in [6.07, 6.45) is 6.49. The summed E-state index contributed by atoms with van der Waals surface area (Å²) in [7, 11) is 0. The lowest BCUT2D eigenvalue weighted by Crippen LogP contribution is -2.49. The minimum Gasteiger partial charge on any atom is -0.392 e. The van der Waals surface area contributed by atoms with Crippen LogP contribution >= 0.6 is 12.2 Å². The fraction of sp³-hybridized carbons (Fsp3) is 0.917. The van der Waals surface area contributed by atoms with E-state index in [1.54, 1.807) is 0 Å². The van der Waals surface area contributed by atoms with Crippen LogP contribution in [-0.2, 0) is 0 Å². The number of nitrogens with zero attached hydrogens (tertiary/aromatic N) is 2. The monoisotopic (exact) mass is 241 g/mol. The van der Waals surface area contributed by atoms with Crippen molar-refractivity contribution in [3.63, 3.8) is 0 Å². The van der Waals surface area contributed by atoms with Gasteiger partial charge in [-0.2, -0.15) is 0 Å². The fourth-order valence-electron chi connectivity index (χ4n) is 2.86.